The number of carbonyl (C=O) groups excluding carboxylic acids is 2. The maximum Gasteiger partial charge on any atom is 0.331 e. The molecule has 0 fully saturated rings. The van der Waals surface area contributed by atoms with E-state index < -0.39 is 47.0 Å². The summed E-state index contributed by atoms with van der Waals surface area (Å²) in [6.07, 6.45) is -1.55. The lowest BCUT2D eigenvalue weighted by atomic mass is 10.0. The minimum atomic E-state index is -1.83. The number of methoxy groups -OCH3 is 2. The molecule has 6 nitrogen and oxygen atoms in total. The predicted molar refractivity (Wildman–Crippen MR) is 87.5 cm³/mol. The summed E-state index contributed by atoms with van der Waals surface area (Å²) in [5.74, 6) is -6.76. The van der Waals surface area contributed by atoms with Gasteiger partial charge in [0.05, 0.1) is 19.8 Å². The van der Waals surface area contributed by atoms with E-state index in [9.17, 15) is 27.9 Å². The normalized spacial score (nSPS) is 12.8. The molecule has 144 valence electrons. The number of amides is 1. The summed E-state index contributed by atoms with van der Waals surface area (Å²) >= 11 is 0. The molecule has 2 rings (SSSR count). The van der Waals surface area contributed by atoms with Gasteiger partial charge in [-0.3, -0.25) is 4.79 Å². The number of nitrogens with one attached hydrogen (secondary N) is 1. The van der Waals surface area contributed by atoms with Crippen LogP contribution < -0.4 is 10.1 Å². The quantitative estimate of drug-likeness (QED) is 0.590. The zero-order valence-corrected chi connectivity index (χ0v) is 14.3. The maximum absolute atomic E-state index is 13.8. The largest absolute Gasteiger partial charge is 0.497 e. The molecule has 27 heavy (non-hydrogen) atoms. The number of halogens is 3. The van der Waals surface area contributed by atoms with E-state index in [0.717, 1.165) is 13.2 Å². The topological polar surface area (TPSA) is 84.9 Å². The number of aliphatic hydroxyl groups excluding tert-OH is 1. The van der Waals surface area contributed by atoms with E-state index in [2.05, 4.69) is 10.1 Å². The average Bonchev–Trinajstić information content (AvgIpc) is 2.69. The van der Waals surface area contributed by atoms with Crippen molar-refractivity contribution in [1.82, 2.24) is 5.32 Å². The van der Waals surface area contributed by atoms with E-state index in [4.69, 9.17) is 4.74 Å². The molecule has 2 N–H and O–H groups in total. The summed E-state index contributed by atoms with van der Waals surface area (Å²) < 4.78 is 49.6. The van der Waals surface area contributed by atoms with Gasteiger partial charge >= 0.3 is 5.97 Å². The SMILES string of the molecule is COC(=O)C(NC(=O)c1ccc(F)c(F)c1F)C(O)c1ccc(OC)cc1. The molecule has 0 bridgehead atoms. The molecule has 0 radical (unpaired) electrons. The van der Waals surface area contributed by atoms with Crippen LogP contribution in [0.3, 0.4) is 0 Å². The average molecular weight is 383 g/mol. The third-order valence-electron chi connectivity index (χ3n) is 3.79. The number of carbonyl (C=O) groups is 2. The van der Waals surface area contributed by atoms with E-state index in [-0.39, 0.29) is 5.56 Å². The Morgan fingerprint density at radius 2 is 1.63 bits per heavy atom. The highest BCUT2D eigenvalue weighted by atomic mass is 19.2. The molecule has 0 spiro atoms. The Morgan fingerprint density at radius 1 is 1.00 bits per heavy atom. The highest BCUT2D eigenvalue weighted by Crippen LogP contribution is 2.22. The van der Waals surface area contributed by atoms with Crippen molar-refractivity contribution in [3.05, 3.63) is 65.0 Å². The molecule has 0 aliphatic carbocycles. The molecule has 2 unspecified atom stereocenters. The van der Waals surface area contributed by atoms with Crippen LogP contribution in [0, 0.1) is 17.5 Å². The molecule has 2 atom stereocenters. The maximum atomic E-state index is 13.8. The Morgan fingerprint density at radius 3 is 2.19 bits per heavy atom. The molecule has 0 aromatic heterocycles. The fraction of sp³-hybridized carbons (Fsp3) is 0.222. The van der Waals surface area contributed by atoms with Crippen LogP contribution in [-0.2, 0) is 9.53 Å². The molecule has 0 heterocycles. The first-order valence-corrected chi connectivity index (χ1v) is 7.64. The second-order valence-corrected chi connectivity index (χ2v) is 5.42. The molecule has 0 aliphatic heterocycles. The van der Waals surface area contributed by atoms with E-state index >= 15 is 0 Å². The van der Waals surface area contributed by atoms with Gasteiger partial charge < -0.3 is 19.9 Å². The van der Waals surface area contributed by atoms with Crippen molar-refractivity contribution in [2.45, 2.75) is 12.1 Å². The van der Waals surface area contributed by atoms with Crippen molar-refractivity contribution in [3.8, 4) is 5.75 Å². The fourth-order valence-electron chi connectivity index (χ4n) is 2.31. The van der Waals surface area contributed by atoms with Crippen molar-refractivity contribution >= 4 is 11.9 Å². The van der Waals surface area contributed by atoms with Gasteiger partial charge in [-0.25, -0.2) is 18.0 Å². The van der Waals surface area contributed by atoms with Gasteiger partial charge in [0, 0.05) is 0 Å². The summed E-state index contributed by atoms with van der Waals surface area (Å²) in [4.78, 5) is 24.2. The fourth-order valence-corrected chi connectivity index (χ4v) is 2.31. The van der Waals surface area contributed by atoms with Gasteiger partial charge in [-0.05, 0) is 29.8 Å². The van der Waals surface area contributed by atoms with Crippen LogP contribution in [0.4, 0.5) is 13.2 Å². The van der Waals surface area contributed by atoms with E-state index in [0.29, 0.717) is 11.8 Å². The third-order valence-corrected chi connectivity index (χ3v) is 3.79. The number of benzene rings is 2. The second-order valence-electron chi connectivity index (χ2n) is 5.42. The summed E-state index contributed by atoms with van der Waals surface area (Å²) in [5.41, 5.74) is -0.595. The first-order chi connectivity index (χ1) is 12.8. The lowest BCUT2D eigenvalue weighted by molar-refractivity contribution is -0.146. The zero-order valence-electron chi connectivity index (χ0n) is 14.3. The Kier molecular flexibility index (Phi) is 6.40. The van der Waals surface area contributed by atoms with Gasteiger partial charge in [0.25, 0.3) is 5.91 Å². The Balaban J connectivity index is 2.29. The summed E-state index contributed by atoms with van der Waals surface area (Å²) in [5, 5.41) is 12.5. The number of ether oxygens (including phenoxy) is 2. The van der Waals surface area contributed by atoms with Gasteiger partial charge in [0.1, 0.15) is 11.9 Å². The van der Waals surface area contributed by atoms with Crippen LogP contribution in [0.5, 0.6) is 5.75 Å². The standard InChI is InChI=1S/C18H16F3NO5/c1-26-10-5-3-9(4-6-10)16(23)15(18(25)27-2)22-17(24)11-7-8-12(19)14(21)13(11)20/h3-8,15-16,23H,1-2H3,(H,22,24). The number of aliphatic hydroxyl groups is 1. The van der Waals surface area contributed by atoms with Gasteiger partial charge in [0.15, 0.2) is 23.5 Å². The molecule has 0 saturated carbocycles. The highest BCUT2D eigenvalue weighted by molar-refractivity contribution is 5.97. The van der Waals surface area contributed by atoms with Gasteiger partial charge in [-0.2, -0.15) is 0 Å². The lowest BCUT2D eigenvalue weighted by Gasteiger charge is -2.22. The molecule has 2 aromatic rings. The Labute approximate surface area is 152 Å². The minimum Gasteiger partial charge on any atom is -0.497 e. The van der Waals surface area contributed by atoms with Crippen LogP contribution in [0.15, 0.2) is 36.4 Å². The van der Waals surface area contributed by atoms with E-state index in [1.807, 2.05) is 0 Å². The van der Waals surface area contributed by atoms with Crippen LogP contribution >= 0.6 is 0 Å². The lowest BCUT2D eigenvalue weighted by Crippen LogP contribution is -2.46. The number of hydrogen-bond donors (Lipinski definition) is 2. The van der Waals surface area contributed by atoms with Crippen molar-refractivity contribution in [3.63, 3.8) is 0 Å². The molecular formula is C18H16F3NO5. The number of esters is 1. The van der Waals surface area contributed by atoms with Gasteiger partial charge in [0.2, 0.25) is 0 Å². The third kappa shape index (κ3) is 4.37. The summed E-state index contributed by atoms with van der Waals surface area (Å²) in [6, 6.07) is 5.60. The van der Waals surface area contributed by atoms with E-state index in [1.54, 1.807) is 0 Å². The molecule has 2 aromatic carbocycles. The van der Waals surface area contributed by atoms with Crippen molar-refractivity contribution in [1.29, 1.82) is 0 Å². The first-order valence-electron chi connectivity index (χ1n) is 7.64. The summed E-state index contributed by atoms with van der Waals surface area (Å²) in [6.45, 7) is 0. The smallest absolute Gasteiger partial charge is 0.331 e. The van der Waals surface area contributed by atoms with Crippen molar-refractivity contribution in [2.75, 3.05) is 14.2 Å². The van der Waals surface area contributed by atoms with Crippen LogP contribution in [0.25, 0.3) is 0 Å². The van der Waals surface area contributed by atoms with Crippen LogP contribution in [-0.4, -0.2) is 37.2 Å². The Hall–Kier alpha value is -3.07. The van der Waals surface area contributed by atoms with Crippen molar-refractivity contribution < 1.29 is 37.3 Å². The van der Waals surface area contributed by atoms with Gasteiger partial charge in [-0.15, -0.1) is 0 Å². The molecular weight excluding hydrogens is 367 g/mol. The molecule has 1 amide bonds. The second kappa shape index (κ2) is 8.54. The zero-order chi connectivity index (χ0) is 20.1. The van der Waals surface area contributed by atoms with Crippen molar-refractivity contribution in [2.24, 2.45) is 0 Å². The number of rotatable bonds is 6. The van der Waals surface area contributed by atoms with Crippen LogP contribution in [0.1, 0.15) is 22.0 Å². The Bertz CT molecular complexity index is 842. The summed E-state index contributed by atoms with van der Waals surface area (Å²) in [7, 11) is 2.47. The monoisotopic (exact) mass is 383 g/mol. The number of hydrogen-bond acceptors (Lipinski definition) is 5. The molecule has 9 heteroatoms. The highest BCUT2D eigenvalue weighted by Gasteiger charge is 2.32. The van der Waals surface area contributed by atoms with Gasteiger partial charge in [-0.1, -0.05) is 12.1 Å². The molecule has 0 saturated heterocycles. The van der Waals surface area contributed by atoms with E-state index in [1.165, 1.54) is 31.4 Å². The minimum absolute atomic E-state index is 0.234. The van der Waals surface area contributed by atoms with Crippen LogP contribution in [0.2, 0.25) is 0 Å². The first kappa shape index (κ1) is 20.2. The molecule has 0 aliphatic rings. The predicted octanol–water partition coefficient (Wildman–Crippen LogP) is 2.12.